The van der Waals surface area contributed by atoms with E-state index in [2.05, 4.69) is 20.9 Å². The highest BCUT2D eigenvalue weighted by Gasteiger charge is 2.26. The van der Waals surface area contributed by atoms with Crippen LogP contribution in [0.1, 0.15) is 23.6 Å². The maximum absolute atomic E-state index is 10.7. The number of halogens is 1. The Kier molecular flexibility index (Phi) is 3.92. The van der Waals surface area contributed by atoms with E-state index in [-0.39, 0.29) is 0 Å². The minimum Gasteiger partial charge on any atom is -0.385 e. The summed E-state index contributed by atoms with van der Waals surface area (Å²) in [6.07, 6.45) is 2.20. The van der Waals surface area contributed by atoms with Gasteiger partial charge in [-0.05, 0) is 43.2 Å². The highest BCUT2D eigenvalue weighted by atomic mass is 79.9. The van der Waals surface area contributed by atoms with Crippen molar-refractivity contribution in [1.82, 2.24) is 4.98 Å². The molecule has 19 heavy (non-hydrogen) atoms. The Morgan fingerprint density at radius 2 is 1.95 bits per heavy atom. The number of pyridine rings is 1. The van der Waals surface area contributed by atoms with Crippen molar-refractivity contribution in [3.8, 4) is 0 Å². The molecule has 0 aliphatic carbocycles. The van der Waals surface area contributed by atoms with Crippen molar-refractivity contribution in [2.75, 3.05) is 5.73 Å². The van der Waals surface area contributed by atoms with Crippen molar-refractivity contribution < 1.29 is 5.11 Å². The summed E-state index contributed by atoms with van der Waals surface area (Å²) in [6.45, 7) is 3.70. The minimum atomic E-state index is -1.03. The second-order valence-corrected chi connectivity index (χ2v) is 5.94. The maximum Gasteiger partial charge on any atom is 0.129 e. The Morgan fingerprint density at radius 1 is 1.32 bits per heavy atom. The number of benzene rings is 1. The third kappa shape index (κ3) is 3.33. The molecule has 2 rings (SSSR count). The number of nitrogen functional groups attached to an aromatic ring is 1. The Morgan fingerprint density at radius 3 is 2.58 bits per heavy atom. The lowest BCUT2D eigenvalue weighted by Gasteiger charge is -2.25. The van der Waals surface area contributed by atoms with Gasteiger partial charge >= 0.3 is 0 Å². The Bertz CT molecular complexity index is 579. The van der Waals surface area contributed by atoms with E-state index in [1.807, 2.05) is 37.3 Å². The van der Waals surface area contributed by atoms with E-state index in [1.165, 1.54) is 0 Å². The van der Waals surface area contributed by atoms with Crippen LogP contribution < -0.4 is 5.73 Å². The summed E-state index contributed by atoms with van der Waals surface area (Å²) in [7, 11) is 0. The van der Waals surface area contributed by atoms with E-state index in [0.29, 0.717) is 17.8 Å². The molecule has 3 nitrogen and oxygen atoms in total. The number of hydrogen-bond acceptors (Lipinski definition) is 3. The number of nitrogens with zero attached hydrogens (tertiary/aromatic N) is 1. The molecule has 0 radical (unpaired) electrons. The molecule has 3 N–H and O–H groups in total. The van der Waals surface area contributed by atoms with E-state index in [9.17, 15) is 5.11 Å². The van der Waals surface area contributed by atoms with E-state index in [4.69, 9.17) is 5.73 Å². The van der Waals surface area contributed by atoms with Gasteiger partial charge in [0.25, 0.3) is 0 Å². The third-order valence-electron chi connectivity index (χ3n) is 3.10. The van der Waals surface area contributed by atoms with Gasteiger partial charge in [-0.3, -0.25) is 0 Å². The molecule has 4 heteroatoms. The molecule has 1 heterocycles. The summed E-state index contributed by atoms with van der Waals surface area (Å²) in [4.78, 5) is 4.11. The van der Waals surface area contributed by atoms with Crippen LogP contribution in [0, 0.1) is 6.92 Å². The Balaban J connectivity index is 2.31. The third-order valence-corrected chi connectivity index (χ3v) is 3.63. The van der Waals surface area contributed by atoms with Crippen molar-refractivity contribution >= 4 is 21.7 Å². The molecule has 0 fully saturated rings. The molecule has 0 saturated carbocycles. The van der Waals surface area contributed by atoms with Crippen molar-refractivity contribution in [2.45, 2.75) is 25.9 Å². The van der Waals surface area contributed by atoms with Crippen molar-refractivity contribution in [1.29, 1.82) is 0 Å². The standard InChI is InChI=1S/C15H17BrN2O/c1-10-7-13(14(17)18-9-10)15(2,19)8-11-3-5-12(16)6-4-11/h3-7,9,19H,8H2,1-2H3,(H2,17,18). The predicted octanol–water partition coefficient (Wildman–Crippen LogP) is 3.18. The van der Waals surface area contributed by atoms with Gasteiger partial charge in [0.15, 0.2) is 0 Å². The number of aliphatic hydroxyl groups is 1. The van der Waals surface area contributed by atoms with Crippen LogP contribution in [-0.4, -0.2) is 10.1 Å². The first-order valence-electron chi connectivity index (χ1n) is 6.08. The monoisotopic (exact) mass is 320 g/mol. The minimum absolute atomic E-state index is 0.382. The SMILES string of the molecule is Cc1cnc(N)c(C(C)(O)Cc2ccc(Br)cc2)c1. The lowest BCUT2D eigenvalue weighted by Crippen LogP contribution is -2.26. The maximum atomic E-state index is 10.7. The second kappa shape index (κ2) is 5.31. The highest BCUT2D eigenvalue weighted by Crippen LogP contribution is 2.29. The molecule has 2 aromatic rings. The molecular formula is C15H17BrN2O. The van der Waals surface area contributed by atoms with Crippen molar-refractivity contribution in [3.63, 3.8) is 0 Å². The summed E-state index contributed by atoms with van der Waals surface area (Å²) >= 11 is 3.40. The molecule has 1 atom stereocenters. The van der Waals surface area contributed by atoms with Gasteiger partial charge in [0, 0.05) is 22.7 Å². The molecule has 0 amide bonds. The Labute approximate surface area is 121 Å². The average Bonchev–Trinajstić information content (AvgIpc) is 2.35. The van der Waals surface area contributed by atoms with Gasteiger partial charge in [0.05, 0.1) is 5.60 Å². The number of aromatic nitrogens is 1. The second-order valence-electron chi connectivity index (χ2n) is 5.02. The zero-order chi connectivity index (χ0) is 14.0. The lowest BCUT2D eigenvalue weighted by molar-refractivity contribution is 0.0580. The van der Waals surface area contributed by atoms with Crippen molar-refractivity contribution in [2.24, 2.45) is 0 Å². The molecule has 1 aromatic heterocycles. The van der Waals surface area contributed by atoms with E-state index >= 15 is 0 Å². The van der Waals surface area contributed by atoms with Crippen LogP contribution in [0.2, 0.25) is 0 Å². The molecule has 100 valence electrons. The summed E-state index contributed by atoms with van der Waals surface area (Å²) in [5, 5.41) is 10.7. The zero-order valence-corrected chi connectivity index (χ0v) is 12.6. The molecular weight excluding hydrogens is 304 g/mol. The van der Waals surface area contributed by atoms with Gasteiger partial charge in [0.2, 0.25) is 0 Å². The number of nitrogens with two attached hydrogens (primary N) is 1. The molecule has 0 bridgehead atoms. The van der Waals surface area contributed by atoms with Crippen molar-refractivity contribution in [3.05, 3.63) is 57.7 Å². The summed E-state index contributed by atoms with van der Waals surface area (Å²) in [5.74, 6) is 0.382. The van der Waals surface area contributed by atoms with Crippen LogP contribution >= 0.6 is 15.9 Å². The van der Waals surface area contributed by atoms with Crippen LogP contribution in [0.3, 0.4) is 0 Å². The first-order chi connectivity index (χ1) is 8.88. The largest absolute Gasteiger partial charge is 0.385 e. The van der Waals surface area contributed by atoms with Gasteiger partial charge in [-0.2, -0.15) is 0 Å². The molecule has 0 aliphatic rings. The fraction of sp³-hybridized carbons (Fsp3) is 0.267. The summed E-state index contributed by atoms with van der Waals surface area (Å²) in [5.41, 5.74) is 7.56. The molecule has 1 aromatic carbocycles. The first kappa shape index (κ1) is 14.0. The van der Waals surface area contributed by atoms with Gasteiger partial charge in [-0.15, -0.1) is 0 Å². The van der Waals surface area contributed by atoms with E-state index in [1.54, 1.807) is 13.1 Å². The van der Waals surface area contributed by atoms with Gasteiger partial charge in [0.1, 0.15) is 5.82 Å². The highest BCUT2D eigenvalue weighted by molar-refractivity contribution is 9.10. The van der Waals surface area contributed by atoms with Crippen LogP contribution in [0.15, 0.2) is 41.0 Å². The van der Waals surface area contributed by atoms with Gasteiger partial charge in [-0.1, -0.05) is 28.1 Å². The zero-order valence-electron chi connectivity index (χ0n) is 11.0. The summed E-state index contributed by atoms with van der Waals surface area (Å²) in [6, 6.07) is 9.78. The smallest absolute Gasteiger partial charge is 0.129 e. The molecule has 1 unspecified atom stereocenters. The first-order valence-corrected chi connectivity index (χ1v) is 6.87. The normalized spacial score (nSPS) is 14.1. The molecule has 0 aliphatic heterocycles. The van der Waals surface area contributed by atoms with Gasteiger partial charge < -0.3 is 10.8 Å². The van der Waals surface area contributed by atoms with Crippen LogP contribution in [0.25, 0.3) is 0 Å². The lowest BCUT2D eigenvalue weighted by atomic mass is 9.89. The molecule has 0 spiro atoms. The van der Waals surface area contributed by atoms with E-state index < -0.39 is 5.60 Å². The quantitative estimate of drug-likeness (QED) is 0.913. The number of aryl methyl sites for hydroxylation is 1. The fourth-order valence-electron chi connectivity index (χ4n) is 2.11. The number of anilines is 1. The Hall–Kier alpha value is -1.39. The fourth-order valence-corrected chi connectivity index (χ4v) is 2.37. The van der Waals surface area contributed by atoms with Gasteiger partial charge in [-0.25, -0.2) is 4.98 Å². The van der Waals surface area contributed by atoms with Crippen LogP contribution in [0.4, 0.5) is 5.82 Å². The number of rotatable bonds is 3. The van der Waals surface area contributed by atoms with E-state index in [0.717, 1.165) is 15.6 Å². The number of hydrogen-bond donors (Lipinski definition) is 2. The van der Waals surface area contributed by atoms with Crippen LogP contribution in [0.5, 0.6) is 0 Å². The average molecular weight is 321 g/mol. The topological polar surface area (TPSA) is 59.1 Å². The summed E-state index contributed by atoms with van der Waals surface area (Å²) < 4.78 is 1.02. The van der Waals surface area contributed by atoms with Crippen LogP contribution in [-0.2, 0) is 12.0 Å². The predicted molar refractivity (Wildman–Crippen MR) is 80.8 cm³/mol. The molecule has 0 saturated heterocycles.